The van der Waals surface area contributed by atoms with E-state index in [-0.39, 0.29) is 5.56 Å². The molecule has 27 heavy (non-hydrogen) atoms. The van der Waals surface area contributed by atoms with Crippen molar-refractivity contribution in [3.05, 3.63) is 86.5 Å². The molecule has 0 saturated heterocycles. The number of hydrogen-bond acceptors (Lipinski definition) is 1. The van der Waals surface area contributed by atoms with E-state index in [0.717, 1.165) is 9.13 Å². The molecule has 1 aromatic heterocycles. The Labute approximate surface area is 169 Å². The number of hydrogen-bond donors (Lipinski definition) is 0. The maximum absolute atomic E-state index is 14.8. The summed E-state index contributed by atoms with van der Waals surface area (Å²) in [6.07, 6.45) is -2.76. The van der Waals surface area contributed by atoms with Gasteiger partial charge in [0.2, 0.25) is 0 Å². The summed E-state index contributed by atoms with van der Waals surface area (Å²) in [5, 5.41) is 12.0. The van der Waals surface area contributed by atoms with E-state index in [2.05, 4.69) is 27.6 Å². The van der Waals surface area contributed by atoms with Gasteiger partial charge in [-0.1, -0.05) is 24.3 Å². The van der Waals surface area contributed by atoms with Crippen molar-refractivity contribution in [2.45, 2.75) is 19.3 Å². The zero-order chi connectivity index (χ0) is 19.6. The van der Waals surface area contributed by atoms with E-state index in [4.69, 9.17) is 0 Å². The summed E-state index contributed by atoms with van der Waals surface area (Å²) in [7, 11) is 0. The maximum atomic E-state index is 14.8. The summed E-state index contributed by atoms with van der Waals surface area (Å²) in [4.78, 5) is 3.82. The Kier molecular flexibility index (Phi) is 6.16. The van der Waals surface area contributed by atoms with Gasteiger partial charge in [0.1, 0.15) is 11.5 Å². The van der Waals surface area contributed by atoms with Crippen LogP contribution in [0.2, 0.25) is 0 Å². The molecular weight excluding hydrogens is 466 g/mol. The van der Waals surface area contributed by atoms with Crippen LogP contribution in [0.1, 0.15) is 34.9 Å². The summed E-state index contributed by atoms with van der Waals surface area (Å²) in [6.45, 7) is 1.10. The van der Waals surface area contributed by atoms with Gasteiger partial charge in [-0.05, 0) is 76.5 Å². The van der Waals surface area contributed by atoms with Crippen molar-refractivity contribution >= 4 is 22.6 Å². The molecule has 0 fully saturated rings. The molecule has 2 nitrogen and oxygen atoms in total. The van der Waals surface area contributed by atoms with Crippen LogP contribution in [0.15, 0.2) is 54.6 Å². The second-order valence-corrected chi connectivity index (χ2v) is 7.44. The molecule has 1 radical (unpaired) electrons. The Balaban J connectivity index is 2.19. The van der Waals surface area contributed by atoms with E-state index in [1.165, 1.54) is 18.2 Å². The molecule has 3 rings (SSSR count). The van der Waals surface area contributed by atoms with Crippen molar-refractivity contribution in [3.63, 3.8) is 0 Å². The molecule has 0 aliphatic rings. The summed E-state index contributed by atoms with van der Waals surface area (Å²) in [5.41, 5.74) is 1.67. The molecule has 0 bridgehead atoms. The number of rotatable bonds is 5. The predicted octanol–water partition coefficient (Wildman–Crippen LogP) is 6.30. The number of pyridine rings is 1. The molecular formula is C21H16F3INO. The Morgan fingerprint density at radius 1 is 1.07 bits per heavy atom. The summed E-state index contributed by atoms with van der Waals surface area (Å²) in [5.74, 6) is -1.14. The van der Waals surface area contributed by atoms with Crippen molar-refractivity contribution < 1.29 is 18.3 Å². The first-order valence-corrected chi connectivity index (χ1v) is 9.37. The quantitative estimate of drug-likeness (QED) is 0.393. The molecule has 0 N–H and O–H groups in total. The zero-order valence-corrected chi connectivity index (χ0v) is 16.6. The lowest BCUT2D eigenvalue weighted by atomic mass is 9.86. The van der Waals surface area contributed by atoms with Crippen molar-refractivity contribution in [1.29, 1.82) is 0 Å². The fourth-order valence-corrected chi connectivity index (χ4v) is 3.51. The molecule has 0 aliphatic carbocycles. The lowest BCUT2D eigenvalue weighted by Gasteiger charge is -2.20. The first kappa shape index (κ1) is 19.8. The van der Waals surface area contributed by atoms with Crippen LogP contribution in [0.3, 0.4) is 0 Å². The van der Waals surface area contributed by atoms with E-state index >= 15 is 0 Å². The molecule has 1 heterocycles. The van der Waals surface area contributed by atoms with Gasteiger partial charge in [-0.15, -0.1) is 0 Å². The molecule has 1 unspecified atom stereocenters. The summed E-state index contributed by atoms with van der Waals surface area (Å²) in [6, 6.07) is 14.7. The van der Waals surface area contributed by atoms with Gasteiger partial charge in [0, 0.05) is 20.7 Å². The zero-order valence-electron chi connectivity index (χ0n) is 14.4. The van der Waals surface area contributed by atoms with Gasteiger partial charge in [0.05, 0.1) is 6.61 Å². The normalized spacial score (nSPS) is 12.4. The van der Waals surface area contributed by atoms with E-state index in [1.54, 1.807) is 19.1 Å². The summed E-state index contributed by atoms with van der Waals surface area (Å²) >= 11 is 2.17. The second kappa shape index (κ2) is 8.39. The SMILES string of the molecule is Cc1cc(-c2c(F)cccc2C(C[O])c2ccc(I)cc2)cc(C(F)F)n1. The monoisotopic (exact) mass is 482 g/mol. The average molecular weight is 482 g/mol. The Hall–Kier alpha value is -1.93. The van der Waals surface area contributed by atoms with Gasteiger partial charge in [-0.25, -0.2) is 18.3 Å². The minimum Gasteiger partial charge on any atom is -0.252 e. The van der Waals surface area contributed by atoms with E-state index in [1.807, 2.05) is 24.3 Å². The number of benzene rings is 2. The van der Waals surface area contributed by atoms with Gasteiger partial charge in [-0.3, -0.25) is 4.98 Å². The maximum Gasteiger partial charge on any atom is 0.280 e. The Morgan fingerprint density at radius 2 is 1.78 bits per heavy atom. The highest BCUT2D eigenvalue weighted by molar-refractivity contribution is 14.1. The van der Waals surface area contributed by atoms with Crippen molar-refractivity contribution in [2.75, 3.05) is 6.61 Å². The highest BCUT2D eigenvalue weighted by Gasteiger charge is 2.22. The van der Waals surface area contributed by atoms with Gasteiger partial charge in [-0.2, -0.15) is 0 Å². The lowest BCUT2D eigenvalue weighted by Crippen LogP contribution is -2.08. The highest BCUT2D eigenvalue weighted by Crippen LogP contribution is 2.36. The van der Waals surface area contributed by atoms with Gasteiger partial charge >= 0.3 is 0 Å². The van der Waals surface area contributed by atoms with E-state index in [0.29, 0.717) is 16.8 Å². The Morgan fingerprint density at radius 3 is 2.41 bits per heavy atom. The van der Waals surface area contributed by atoms with Crippen LogP contribution in [0.25, 0.3) is 11.1 Å². The Bertz CT molecular complexity index is 945. The minimum atomic E-state index is -2.76. The standard InChI is InChI=1S/C21H16F3INO/c1-12-9-14(10-19(26-12)21(23)24)20-16(3-2-4-18(20)22)17(11-27)13-5-7-15(25)8-6-13/h2-10,17,21H,11H2,1H3. The first-order valence-electron chi connectivity index (χ1n) is 8.29. The van der Waals surface area contributed by atoms with E-state index < -0.39 is 30.5 Å². The largest absolute Gasteiger partial charge is 0.280 e. The number of aromatic nitrogens is 1. The molecule has 2 aromatic carbocycles. The number of halogens is 4. The van der Waals surface area contributed by atoms with Crippen molar-refractivity contribution in [3.8, 4) is 11.1 Å². The van der Waals surface area contributed by atoms with Gasteiger partial charge in [0.25, 0.3) is 6.43 Å². The van der Waals surface area contributed by atoms with Gasteiger partial charge < -0.3 is 0 Å². The highest BCUT2D eigenvalue weighted by atomic mass is 127. The van der Waals surface area contributed by atoms with Crippen LogP contribution in [-0.4, -0.2) is 11.6 Å². The summed E-state index contributed by atoms with van der Waals surface area (Å²) < 4.78 is 42.1. The molecule has 6 heteroatoms. The van der Waals surface area contributed by atoms with Crippen molar-refractivity contribution in [1.82, 2.24) is 4.98 Å². The second-order valence-electron chi connectivity index (χ2n) is 6.20. The first-order chi connectivity index (χ1) is 12.9. The fourth-order valence-electron chi connectivity index (χ4n) is 3.15. The third-order valence-electron chi connectivity index (χ3n) is 4.35. The molecule has 0 aliphatic heterocycles. The predicted molar refractivity (Wildman–Crippen MR) is 106 cm³/mol. The average Bonchev–Trinajstić information content (AvgIpc) is 2.63. The molecule has 3 aromatic rings. The minimum absolute atomic E-state index is 0.171. The number of nitrogens with zero attached hydrogens (tertiary/aromatic N) is 1. The number of alkyl halides is 2. The number of aryl methyl sites for hydroxylation is 1. The molecule has 139 valence electrons. The topological polar surface area (TPSA) is 32.8 Å². The lowest BCUT2D eigenvalue weighted by molar-refractivity contribution is 0.146. The van der Waals surface area contributed by atoms with Crippen LogP contribution in [-0.2, 0) is 5.11 Å². The van der Waals surface area contributed by atoms with Crippen LogP contribution < -0.4 is 0 Å². The third kappa shape index (κ3) is 4.32. The van der Waals surface area contributed by atoms with E-state index in [9.17, 15) is 18.3 Å². The van der Waals surface area contributed by atoms with Crippen LogP contribution in [0, 0.1) is 16.3 Å². The van der Waals surface area contributed by atoms with Crippen molar-refractivity contribution in [2.24, 2.45) is 0 Å². The smallest absolute Gasteiger partial charge is 0.252 e. The molecule has 0 saturated carbocycles. The van der Waals surface area contributed by atoms with Crippen LogP contribution in [0.4, 0.5) is 13.2 Å². The molecule has 0 spiro atoms. The van der Waals surface area contributed by atoms with Gasteiger partial charge in [0.15, 0.2) is 0 Å². The molecule has 0 amide bonds. The van der Waals surface area contributed by atoms with Crippen LogP contribution >= 0.6 is 22.6 Å². The third-order valence-corrected chi connectivity index (χ3v) is 5.06. The molecule has 1 atom stereocenters. The van der Waals surface area contributed by atoms with Crippen LogP contribution in [0.5, 0.6) is 0 Å². The fraction of sp³-hybridized carbons (Fsp3) is 0.190.